The number of hydrogen-bond donors (Lipinski definition) is 2. The highest BCUT2D eigenvalue weighted by Crippen LogP contribution is 2.19. The zero-order chi connectivity index (χ0) is 21.4. The molecule has 0 aliphatic heterocycles. The van der Waals surface area contributed by atoms with Crippen molar-refractivity contribution < 1.29 is 19.1 Å². The number of rotatable bonds is 9. The van der Waals surface area contributed by atoms with Crippen LogP contribution in [0.15, 0.2) is 42.5 Å². The van der Waals surface area contributed by atoms with E-state index in [0.29, 0.717) is 0 Å². The molecule has 0 fully saturated rings. The van der Waals surface area contributed by atoms with Crippen molar-refractivity contribution in [1.82, 2.24) is 10.6 Å². The van der Waals surface area contributed by atoms with E-state index in [1.54, 1.807) is 0 Å². The first kappa shape index (κ1) is 22.4. The monoisotopic (exact) mass is 398 g/mol. The lowest BCUT2D eigenvalue weighted by atomic mass is 10.0. The van der Waals surface area contributed by atoms with Crippen molar-refractivity contribution in [3.8, 4) is 0 Å². The number of nitrogens with one attached hydrogen (secondary N) is 2. The molecular formula is C23H30N2O4. The molecule has 0 bridgehead atoms. The van der Waals surface area contributed by atoms with Crippen molar-refractivity contribution in [1.29, 1.82) is 0 Å². The van der Waals surface area contributed by atoms with E-state index >= 15 is 0 Å². The van der Waals surface area contributed by atoms with Crippen LogP contribution in [0, 0.1) is 5.92 Å². The minimum Gasteiger partial charge on any atom is -0.454 e. The van der Waals surface area contributed by atoms with Gasteiger partial charge in [0.2, 0.25) is 5.91 Å². The zero-order valence-electron chi connectivity index (χ0n) is 17.5. The highest BCUT2D eigenvalue weighted by molar-refractivity contribution is 5.92. The van der Waals surface area contributed by atoms with Crippen molar-refractivity contribution in [3.05, 3.63) is 48.0 Å². The number of carbonyl (C=O) groups excluding carboxylic acids is 3. The number of hydrogen-bond acceptors (Lipinski definition) is 4. The highest BCUT2D eigenvalue weighted by atomic mass is 16.5. The number of fused-ring (bicyclic) bond motifs is 1. The topological polar surface area (TPSA) is 84.5 Å². The highest BCUT2D eigenvalue weighted by Gasteiger charge is 2.26. The first-order chi connectivity index (χ1) is 13.8. The third kappa shape index (κ3) is 6.59. The molecule has 0 heterocycles. The molecule has 0 saturated heterocycles. The lowest BCUT2D eigenvalue weighted by Gasteiger charge is -2.21. The molecule has 0 saturated carbocycles. The summed E-state index contributed by atoms with van der Waals surface area (Å²) in [6.45, 7) is 7.12. The molecule has 2 aromatic carbocycles. The van der Waals surface area contributed by atoms with Gasteiger partial charge < -0.3 is 15.4 Å². The van der Waals surface area contributed by atoms with Crippen LogP contribution in [0.2, 0.25) is 0 Å². The number of esters is 1. The predicted octanol–water partition coefficient (Wildman–Crippen LogP) is 2.98. The molecule has 2 atom stereocenters. The van der Waals surface area contributed by atoms with E-state index in [0.717, 1.165) is 22.8 Å². The van der Waals surface area contributed by atoms with Crippen molar-refractivity contribution >= 4 is 28.6 Å². The second-order valence-corrected chi connectivity index (χ2v) is 7.59. The third-order valence-electron chi connectivity index (χ3n) is 4.83. The molecule has 0 unspecified atom stereocenters. The fourth-order valence-corrected chi connectivity index (χ4v) is 2.99. The Morgan fingerprint density at radius 1 is 0.931 bits per heavy atom. The first-order valence-electron chi connectivity index (χ1n) is 10.0. The zero-order valence-corrected chi connectivity index (χ0v) is 17.5. The quantitative estimate of drug-likeness (QED) is 0.636. The van der Waals surface area contributed by atoms with Crippen LogP contribution in [0.4, 0.5) is 0 Å². The molecule has 2 amide bonds. The molecule has 0 spiro atoms. The minimum atomic E-state index is -0.811. The van der Waals surface area contributed by atoms with E-state index in [1.165, 1.54) is 0 Å². The Hall–Kier alpha value is -2.89. The summed E-state index contributed by atoms with van der Waals surface area (Å²) >= 11 is 0. The van der Waals surface area contributed by atoms with Crippen LogP contribution in [0.5, 0.6) is 0 Å². The van der Waals surface area contributed by atoms with E-state index in [4.69, 9.17) is 4.74 Å². The van der Waals surface area contributed by atoms with Crippen LogP contribution in [0.1, 0.15) is 39.7 Å². The van der Waals surface area contributed by atoms with Crippen LogP contribution >= 0.6 is 0 Å². The van der Waals surface area contributed by atoms with Gasteiger partial charge in [0, 0.05) is 6.04 Å². The maximum absolute atomic E-state index is 12.6. The van der Waals surface area contributed by atoms with Gasteiger partial charge in [0.25, 0.3) is 5.91 Å². The van der Waals surface area contributed by atoms with Gasteiger partial charge in [-0.15, -0.1) is 0 Å². The summed E-state index contributed by atoms with van der Waals surface area (Å²) < 4.78 is 5.13. The number of ether oxygens (including phenoxy) is 1. The molecule has 6 heteroatoms. The Bertz CT molecular complexity index is 858. The number of amides is 2. The molecule has 2 N–H and O–H groups in total. The second-order valence-electron chi connectivity index (χ2n) is 7.59. The van der Waals surface area contributed by atoms with Crippen molar-refractivity contribution in [2.75, 3.05) is 6.61 Å². The Kier molecular flexibility index (Phi) is 8.19. The van der Waals surface area contributed by atoms with Crippen LogP contribution < -0.4 is 10.6 Å². The Morgan fingerprint density at radius 2 is 1.62 bits per heavy atom. The van der Waals surface area contributed by atoms with E-state index in [-0.39, 0.29) is 36.8 Å². The summed E-state index contributed by atoms with van der Waals surface area (Å²) in [5.74, 6) is -1.39. The van der Waals surface area contributed by atoms with Crippen LogP contribution in [0.25, 0.3) is 10.8 Å². The van der Waals surface area contributed by atoms with Gasteiger partial charge in [0.05, 0.1) is 6.42 Å². The molecule has 0 aliphatic carbocycles. The molecule has 0 radical (unpaired) electrons. The van der Waals surface area contributed by atoms with E-state index in [9.17, 15) is 14.4 Å². The molecule has 0 aliphatic rings. The fourth-order valence-electron chi connectivity index (χ4n) is 2.99. The van der Waals surface area contributed by atoms with Gasteiger partial charge in [-0.05, 0) is 35.6 Å². The van der Waals surface area contributed by atoms with Crippen molar-refractivity contribution in [3.63, 3.8) is 0 Å². The standard InChI is InChI=1S/C23H30N2O4/c1-5-16(4)24-21(27)14-29-23(28)22(15(2)3)25-20(26)13-18-11-8-10-17-9-6-7-12-19(17)18/h6-12,15-16,22H,5,13-14H2,1-4H3,(H,24,27)(H,25,26)/t16-,22+/m1/s1. The third-order valence-corrected chi connectivity index (χ3v) is 4.83. The summed E-state index contributed by atoms with van der Waals surface area (Å²) in [5, 5.41) is 7.57. The largest absolute Gasteiger partial charge is 0.454 e. The smallest absolute Gasteiger partial charge is 0.329 e. The van der Waals surface area contributed by atoms with E-state index in [1.807, 2.05) is 70.2 Å². The average molecular weight is 399 g/mol. The molecule has 29 heavy (non-hydrogen) atoms. The van der Waals surface area contributed by atoms with Gasteiger partial charge in [-0.25, -0.2) is 4.79 Å². The van der Waals surface area contributed by atoms with Crippen LogP contribution in [0.3, 0.4) is 0 Å². The summed E-state index contributed by atoms with van der Waals surface area (Å²) in [5.41, 5.74) is 0.893. The Labute approximate surface area is 172 Å². The number of benzene rings is 2. The lowest BCUT2D eigenvalue weighted by molar-refractivity contribution is -0.152. The van der Waals surface area contributed by atoms with Crippen LogP contribution in [-0.4, -0.2) is 36.5 Å². The summed E-state index contributed by atoms with van der Waals surface area (Å²) in [7, 11) is 0. The molecule has 0 aromatic heterocycles. The molecule has 2 rings (SSSR count). The maximum Gasteiger partial charge on any atom is 0.329 e. The van der Waals surface area contributed by atoms with E-state index < -0.39 is 12.0 Å². The molecule has 156 valence electrons. The van der Waals surface area contributed by atoms with Gasteiger partial charge in [-0.1, -0.05) is 63.2 Å². The SMILES string of the molecule is CC[C@@H](C)NC(=O)COC(=O)[C@@H](NC(=O)Cc1cccc2ccccc12)C(C)C. The average Bonchev–Trinajstić information content (AvgIpc) is 2.70. The summed E-state index contributed by atoms with van der Waals surface area (Å²) in [6.07, 6.45) is 0.949. The van der Waals surface area contributed by atoms with Crippen molar-refractivity contribution in [2.24, 2.45) is 5.92 Å². The summed E-state index contributed by atoms with van der Waals surface area (Å²) in [4.78, 5) is 36.8. The van der Waals surface area contributed by atoms with Gasteiger partial charge in [-0.3, -0.25) is 9.59 Å². The Morgan fingerprint density at radius 3 is 2.31 bits per heavy atom. The second kappa shape index (κ2) is 10.6. The normalized spacial score (nSPS) is 13.0. The molecular weight excluding hydrogens is 368 g/mol. The van der Waals surface area contributed by atoms with Crippen LogP contribution in [-0.2, 0) is 25.5 Å². The lowest BCUT2D eigenvalue weighted by Crippen LogP contribution is -2.47. The maximum atomic E-state index is 12.6. The molecule has 6 nitrogen and oxygen atoms in total. The minimum absolute atomic E-state index is 0.0162. The van der Waals surface area contributed by atoms with Crippen molar-refractivity contribution in [2.45, 2.75) is 52.6 Å². The van der Waals surface area contributed by atoms with Gasteiger partial charge in [0.1, 0.15) is 6.04 Å². The predicted molar refractivity (Wildman–Crippen MR) is 113 cm³/mol. The van der Waals surface area contributed by atoms with E-state index in [2.05, 4.69) is 10.6 Å². The fraction of sp³-hybridized carbons (Fsp3) is 0.435. The summed E-state index contributed by atoms with van der Waals surface area (Å²) in [6, 6.07) is 12.9. The van der Waals surface area contributed by atoms with Gasteiger partial charge in [-0.2, -0.15) is 0 Å². The first-order valence-corrected chi connectivity index (χ1v) is 10.0. The number of carbonyl (C=O) groups is 3. The molecule has 2 aromatic rings. The van der Waals surface area contributed by atoms with Gasteiger partial charge >= 0.3 is 5.97 Å². The van der Waals surface area contributed by atoms with Gasteiger partial charge in [0.15, 0.2) is 6.61 Å². The Balaban J connectivity index is 1.97.